The van der Waals surface area contributed by atoms with E-state index in [0.717, 1.165) is 56.0 Å². The van der Waals surface area contributed by atoms with E-state index in [2.05, 4.69) is 30.1 Å². The maximum Gasteiger partial charge on any atom is 0.263 e. The molecule has 23 heavy (non-hydrogen) atoms. The molecule has 1 saturated heterocycles. The first kappa shape index (κ1) is 17.0. The van der Waals surface area contributed by atoms with E-state index in [-0.39, 0.29) is 5.91 Å². The Morgan fingerprint density at radius 1 is 1.26 bits per heavy atom. The Balaban J connectivity index is 1.54. The molecular weight excluding hydrogens is 304 g/mol. The van der Waals surface area contributed by atoms with E-state index in [1.807, 2.05) is 0 Å². The largest absolute Gasteiger partial charge is 0.338 e. The lowest BCUT2D eigenvalue weighted by Crippen LogP contribution is -2.45. The van der Waals surface area contributed by atoms with Crippen LogP contribution in [0.25, 0.3) is 0 Å². The lowest BCUT2D eigenvalue weighted by molar-refractivity contribution is 0.0710. The minimum absolute atomic E-state index is 0.257. The predicted molar refractivity (Wildman–Crippen MR) is 97.3 cm³/mol. The number of nitrogens with zero attached hydrogens (tertiary/aromatic N) is 1. The van der Waals surface area contributed by atoms with E-state index in [0.29, 0.717) is 6.04 Å². The third-order valence-corrected chi connectivity index (χ3v) is 6.36. The van der Waals surface area contributed by atoms with Gasteiger partial charge in [-0.25, -0.2) is 0 Å². The molecule has 1 aliphatic heterocycles. The molecule has 2 fully saturated rings. The summed E-state index contributed by atoms with van der Waals surface area (Å²) in [6.07, 6.45) is 8.31. The van der Waals surface area contributed by atoms with Crippen LogP contribution in [0, 0.1) is 5.92 Å². The maximum absolute atomic E-state index is 12.8. The van der Waals surface area contributed by atoms with E-state index in [1.165, 1.54) is 29.8 Å². The van der Waals surface area contributed by atoms with Gasteiger partial charge in [-0.3, -0.25) is 4.79 Å². The van der Waals surface area contributed by atoms with Crippen LogP contribution in [-0.4, -0.2) is 36.5 Å². The molecule has 0 spiro atoms. The van der Waals surface area contributed by atoms with Gasteiger partial charge in [0, 0.05) is 24.0 Å². The van der Waals surface area contributed by atoms with Crippen molar-refractivity contribution in [2.24, 2.45) is 5.92 Å². The SMILES string of the molecule is CCCc1sc(C(=O)N2CCC(NCC3CC3)CC2)cc1CC. The fraction of sp³-hybridized carbons (Fsp3) is 0.737. The molecule has 2 aliphatic rings. The van der Waals surface area contributed by atoms with Gasteiger partial charge in [0.1, 0.15) is 0 Å². The van der Waals surface area contributed by atoms with Crippen LogP contribution in [0.4, 0.5) is 0 Å². The number of rotatable bonds is 7. The van der Waals surface area contributed by atoms with Crippen molar-refractivity contribution in [3.05, 3.63) is 21.4 Å². The molecule has 0 radical (unpaired) electrons. The van der Waals surface area contributed by atoms with Crippen LogP contribution in [0.5, 0.6) is 0 Å². The second-order valence-electron chi connectivity index (χ2n) is 7.08. The molecule has 128 valence electrons. The Labute approximate surface area is 144 Å². The molecule has 3 nitrogen and oxygen atoms in total. The quantitative estimate of drug-likeness (QED) is 0.821. The van der Waals surface area contributed by atoms with Gasteiger partial charge in [0.2, 0.25) is 0 Å². The van der Waals surface area contributed by atoms with Crippen LogP contribution in [0.1, 0.15) is 66.1 Å². The average molecular weight is 335 g/mol. The summed E-state index contributed by atoms with van der Waals surface area (Å²) in [6, 6.07) is 2.76. The standard InChI is InChI=1S/C19H30N2OS/c1-3-5-17-15(4-2)12-18(23-17)19(22)21-10-8-16(9-11-21)20-13-14-6-7-14/h12,14,16,20H,3-11,13H2,1-2H3. The summed E-state index contributed by atoms with van der Waals surface area (Å²) in [5.74, 6) is 1.19. The summed E-state index contributed by atoms with van der Waals surface area (Å²) < 4.78 is 0. The first-order chi connectivity index (χ1) is 11.2. The van der Waals surface area contributed by atoms with E-state index in [4.69, 9.17) is 0 Å². The Hall–Kier alpha value is -0.870. The fourth-order valence-electron chi connectivity index (χ4n) is 3.41. The highest BCUT2D eigenvalue weighted by atomic mass is 32.1. The molecule has 1 saturated carbocycles. The molecule has 1 aromatic heterocycles. The zero-order chi connectivity index (χ0) is 16.2. The normalized spacial score (nSPS) is 19.3. The first-order valence-electron chi connectivity index (χ1n) is 9.35. The van der Waals surface area contributed by atoms with Crippen molar-refractivity contribution >= 4 is 17.2 Å². The molecule has 1 aliphatic carbocycles. The molecule has 3 rings (SSSR count). The zero-order valence-corrected chi connectivity index (χ0v) is 15.4. The van der Waals surface area contributed by atoms with E-state index < -0.39 is 0 Å². The minimum Gasteiger partial charge on any atom is -0.338 e. The number of likely N-dealkylation sites (tertiary alicyclic amines) is 1. The number of thiophene rings is 1. The Bertz CT molecular complexity index is 527. The van der Waals surface area contributed by atoms with Crippen LogP contribution in [0.15, 0.2) is 6.07 Å². The lowest BCUT2D eigenvalue weighted by Gasteiger charge is -2.32. The monoisotopic (exact) mass is 334 g/mol. The molecule has 1 aromatic rings. The lowest BCUT2D eigenvalue weighted by atomic mass is 10.0. The van der Waals surface area contributed by atoms with Gasteiger partial charge in [-0.2, -0.15) is 0 Å². The smallest absolute Gasteiger partial charge is 0.263 e. The summed E-state index contributed by atoms with van der Waals surface area (Å²) in [5, 5.41) is 3.69. The summed E-state index contributed by atoms with van der Waals surface area (Å²) in [7, 11) is 0. The number of hydrogen-bond donors (Lipinski definition) is 1. The second kappa shape index (κ2) is 7.80. The molecule has 4 heteroatoms. The average Bonchev–Trinajstić information content (AvgIpc) is 3.32. The molecule has 0 unspecified atom stereocenters. The minimum atomic E-state index is 0.257. The van der Waals surface area contributed by atoms with Crippen molar-refractivity contribution in [2.75, 3.05) is 19.6 Å². The van der Waals surface area contributed by atoms with Crippen LogP contribution in [0.2, 0.25) is 0 Å². The Morgan fingerprint density at radius 2 is 2.00 bits per heavy atom. The molecule has 1 N–H and O–H groups in total. The van der Waals surface area contributed by atoms with Gasteiger partial charge >= 0.3 is 0 Å². The highest BCUT2D eigenvalue weighted by molar-refractivity contribution is 7.14. The molecule has 0 atom stereocenters. The van der Waals surface area contributed by atoms with Crippen molar-refractivity contribution in [2.45, 2.75) is 64.8 Å². The third kappa shape index (κ3) is 4.36. The number of amides is 1. The highest BCUT2D eigenvalue weighted by Crippen LogP contribution is 2.29. The number of hydrogen-bond acceptors (Lipinski definition) is 3. The Morgan fingerprint density at radius 3 is 2.61 bits per heavy atom. The summed E-state index contributed by atoms with van der Waals surface area (Å²) in [6.45, 7) is 7.39. The summed E-state index contributed by atoms with van der Waals surface area (Å²) in [4.78, 5) is 17.2. The van der Waals surface area contributed by atoms with Crippen molar-refractivity contribution < 1.29 is 4.79 Å². The summed E-state index contributed by atoms with van der Waals surface area (Å²) in [5.41, 5.74) is 1.38. The van der Waals surface area contributed by atoms with Crippen molar-refractivity contribution in [3.63, 3.8) is 0 Å². The fourth-order valence-corrected chi connectivity index (χ4v) is 4.73. The maximum atomic E-state index is 12.8. The van der Waals surface area contributed by atoms with Gasteiger partial charge in [0.05, 0.1) is 4.88 Å². The second-order valence-corrected chi connectivity index (χ2v) is 8.22. The van der Waals surface area contributed by atoms with Gasteiger partial charge in [0.15, 0.2) is 0 Å². The van der Waals surface area contributed by atoms with Gasteiger partial charge < -0.3 is 10.2 Å². The van der Waals surface area contributed by atoms with E-state index >= 15 is 0 Å². The number of piperidine rings is 1. The van der Waals surface area contributed by atoms with E-state index in [9.17, 15) is 4.79 Å². The van der Waals surface area contributed by atoms with Crippen LogP contribution < -0.4 is 5.32 Å². The van der Waals surface area contributed by atoms with Gasteiger partial charge in [-0.1, -0.05) is 20.3 Å². The third-order valence-electron chi connectivity index (χ3n) is 5.14. The van der Waals surface area contributed by atoms with Crippen LogP contribution in [0.3, 0.4) is 0 Å². The van der Waals surface area contributed by atoms with Gasteiger partial charge in [0.25, 0.3) is 5.91 Å². The highest BCUT2D eigenvalue weighted by Gasteiger charge is 2.27. The molecular formula is C19H30N2OS. The van der Waals surface area contributed by atoms with Crippen molar-refractivity contribution in [1.82, 2.24) is 10.2 Å². The predicted octanol–water partition coefficient (Wildman–Crippen LogP) is 3.87. The number of aryl methyl sites for hydroxylation is 2. The van der Waals surface area contributed by atoms with E-state index in [1.54, 1.807) is 11.3 Å². The molecule has 2 heterocycles. The van der Waals surface area contributed by atoms with Crippen LogP contribution >= 0.6 is 11.3 Å². The summed E-state index contributed by atoms with van der Waals surface area (Å²) >= 11 is 1.73. The van der Waals surface area contributed by atoms with Crippen molar-refractivity contribution in [3.8, 4) is 0 Å². The topological polar surface area (TPSA) is 32.3 Å². The number of nitrogens with one attached hydrogen (secondary N) is 1. The Kier molecular flexibility index (Phi) is 5.76. The van der Waals surface area contributed by atoms with Gasteiger partial charge in [-0.15, -0.1) is 11.3 Å². The van der Waals surface area contributed by atoms with Crippen LogP contribution in [-0.2, 0) is 12.8 Å². The first-order valence-corrected chi connectivity index (χ1v) is 10.2. The molecule has 0 bridgehead atoms. The van der Waals surface area contributed by atoms with Gasteiger partial charge in [-0.05, 0) is 62.6 Å². The number of carbonyl (C=O) groups is 1. The number of carbonyl (C=O) groups excluding carboxylic acids is 1. The van der Waals surface area contributed by atoms with Crippen molar-refractivity contribution in [1.29, 1.82) is 0 Å². The zero-order valence-electron chi connectivity index (χ0n) is 14.6. The molecule has 1 amide bonds. The molecule has 0 aromatic carbocycles.